The van der Waals surface area contributed by atoms with Crippen molar-refractivity contribution in [2.24, 2.45) is 5.92 Å². The standard InChI is InChI=1S/C23H25F2N5O2/c24-16-3-4-18(25)17(12-16)20-2-1-9-29(20)21-6-5-19-22(28-21)30(14-27-19)23(31)26-13-15-7-10-32-11-8-15/h3-6,12,14-15,20H,1-2,7-11,13H2,(H,26,31). The maximum absolute atomic E-state index is 14.4. The molecule has 2 aromatic heterocycles. The fraction of sp³-hybridized carbons (Fsp3) is 0.435. The molecule has 5 rings (SSSR count). The second-order valence-corrected chi connectivity index (χ2v) is 8.39. The Balaban J connectivity index is 1.39. The van der Waals surface area contributed by atoms with Gasteiger partial charge in [-0.25, -0.2) is 28.1 Å². The van der Waals surface area contributed by atoms with Gasteiger partial charge >= 0.3 is 6.03 Å². The van der Waals surface area contributed by atoms with E-state index in [0.717, 1.165) is 44.6 Å². The predicted octanol–water partition coefficient (Wildman–Crippen LogP) is 4.04. The van der Waals surface area contributed by atoms with E-state index in [4.69, 9.17) is 9.72 Å². The van der Waals surface area contributed by atoms with Crippen molar-refractivity contribution in [3.05, 3.63) is 53.9 Å². The number of nitrogens with zero attached hydrogens (tertiary/aromatic N) is 4. The van der Waals surface area contributed by atoms with Crippen molar-refractivity contribution in [3.8, 4) is 0 Å². The van der Waals surface area contributed by atoms with Gasteiger partial charge in [0.05, 0.1) is 6.04 Å². The van der Waals surface area contributed by atoms with E-state index in [1.807, 2.05) is 11.0 Å². The Labute approximate surface area is 184 Å². The number of aromatic nitrogens is 3. The lowest BCUT2D eigenvalue weighted by Crippen LogP contribution is -2.34. The van der Waals surface area contributed by atoms with Crippen molar-refractivity contribution >= 4 is 23.0 Å². The van der Waals surface area contributed by atoms with Crippen LogP contribution in [-0.4, -0.2) is 46.9 Å². The van der Waals surface area contributed by atoms with Crippen LogP contribution in [0.5, 0.6) is 0 Å². The molecule has 168 valence electrons. The van der Waals surface area contributed by atoms with Gasteiger partial charge in [0.2, 0.25) is 0 Å². The molecule has 32 heavy (non-hydrogen) atoms. The summed E-state index contributed by atoms with van der Waals surface area (Å²) in [6.07, 6.45) is 4.87. The second kappa shape index (κ2) is 8.82. The third kappa shape index (κ3) is 4.04. The number of imidazole rings is 1. The number of ether oxygens (including phenoxy) is 1. The number of pyridine rings is 1. The zero-order chi connectivity index (χ0) is 22.1. The Kier molecular flexibility index (Phi) is 5.73. The third-order valence-corrected chi connectivity index (χ3v) is 6.35. The number of hydrogen-bond acceptors (Lipinski definition) is 5. The molecule has 1 atom stereocenters. The van der Waals surface area contributed by atoms with E-state index in [0.29, 0.717) is 48.0 Å². The highest BCUT2D eigenvalue weighted by Crippen LogP contribution is 2.37. The molecule has 0 saturated carbocycles. The highest BCUT2D eigenvalue weighted by Gasteiger charge is 2.30. The molecular weight excluding hydrogens is 416 g/mol. The molecule has 0 spiro atoms. The first-order valence-electron chi connectivity index (χ1n) is 11.0. The maximum atomic E-state index is 14.4. The van der Waals surface area contributed by atoms with Gasteiger partial charge in [0, 0.05) is 31.9 Å². The van der Waals surface area contributed by atoms with Crippen molar-refractivity contribution in [3.63, 3.8) is 0 Å². The molecule has 1 N–H and O–H groups in total. The quantitative estimate of drug-likeness (QED) is 0.662. The van der Waals surface area contributed by atoms with Gasteiger partial charge in [-0.05, 0) is 61.9 Å². The summed E-state index contributed by atoms with van der Waals surface area (Å²) >= 11 is 0. The van der Waals surface area contributed by atoms with Crippen molar-refractivity contribution < 1.29 is 18.3 Å². The summed E-state index contributed by atoms with van der Waals surface area (Å²) < 4.78 is 35.0. The maximum Gasteiger partial charge on any atom is 0.328 e. The van der Waals surface area contributed by atoms with Gasteiger partial charge < -0.3 is 15.0 Å². The smallest absolute Gasteiger partial charge is 0.328 e. The van der Waals surface area contributed by atoms with Crippen LogP contribution in [0.2, 0.25) is 0 Å². The van der Waals surface area contributed by atoms with Gasteiger partial charge in [-0.3, -0.25) is 0 Å². The molecule has 7 nitrogen and oxygen atoms in total. The highest BCUT2D eigenvalue weighted by molar-refractivity contribution is 5.87. The van der Waals surface area contributed by atoms with Crippen molar-refractivity contribution in [2.45, 2.75) is 31.7 Å². The number of nitrogens with one attached hydrogen (secondary N) is 1. The molecule has 0 aliphatic carbocycles. The van der Waals surface area contributed by atoms with Gasteiger partial charge in [0.15, 0.2) is 5.65 Å². The molecule has 0 bridgehead atoms. The van der Waals surface area contributed by atoms with Crippen LogP contribution in [0.3, 0.4) is 0 Å². The Morgan fingerprint density at radius 3 is 2.84 bits per heavy atom. The molecule has 2 aliphatic heterocycles. The largest absolute Gasteiger partial charge is 0.381 e. The first kappa shape index (κ1) is 20.8. The zero-order valence-corrected chi connectivity index (χ0v) is 17.6. The fourth-order valence-corrected chi connectivity index (χ4v) is 4.59. The summed E-state index contributed by atoms with van der Waals surface area (Å²) in [7, 11) is 0. The predicted molar refractivity (Wildman–Crippen MR) is 116 cm³/mol. The Bertz CT molecular complexity index is 1130. The first-order chi connectivity index (χ1) is 15.6. The fourth-order valence-electron chi connectivity index (χ4n) is 4.59. The van der Waals surface area contributed by atoms with Crippen molar-refractivity contribution in [1.29, 1.82) is 0 Å². The van der Waals surface area contributed by atoms with Gasteiger partial charge in [-0.2, -0.15) is 0 Å². The Morgan fingerprint density at radius 2 is 2.00 bits per heavy atom. The van der Waals surface area contributed by atoms with E-state index in [1.165, 1.54) is 17.0 Å². The molecule has 3 aromatic rings. The van der Waals surface area contributed by atoms with Crippen LogP contribution in [0.15, 0.2) is 36.7 Å². The number of benzene rings is 1. The molecule has 0 radical (unpaired) electrons. The SMILES string of the molecule is O=C(NCC1CCOCC1)n1cnc2ccc(N3CCCC3c3cc(F)ccc3F)nc21. The Morgan fingerprint density at radius 1 is 1.16 bits per heavy atom. The Hall–Kier alpha value is -3.07. The number of hydrogen-bond donors (Lipinski definition) is 1. The first-order valence-corrected chi connectivity index (χ1v) is 11.0. The molecule has 2 fully saturated rings. The topological polar surface area (TPSA) is 72.3 Å². The number of fused-ring (bicyclic) bond motifs is 1. The van der Waals surface area contributed by atoms with Crippen LogP contribution in [0, 0.1) is 17.6 Å². The normalized spacial score (nSPS) is 19.6. The molecule has 2 saturated heterocycles. The van der Waals surface area contributed by atoms with E-state index >= 15 is 0 Å². The third-order valence-electron chi connectivity index (χ3n) is 6.35. The molecule has 4 heterocycles. The number of halogens is 2. The van der Waals surface area contributed by atoms with E-state index in [-0.39, 0.29) is 12.1 Å². The second-order valence-electron chi connectivity index (χ2n) is 8.39. The number of carbonyl (C=O) groups is 1. The molecule has 2 aliphatic rings. The number of rotatable bonds is 4. The minimum absolute atomic E-state index is 0.280. The highest BCUT2D eigenvalue weighted by atomic mass is 19.1. The summed E-state index contributed by atoms with van der Waals surface area (Å²) in [5.41, 5.74) is 1.37. The van der Waals surface area contributed by atoms with Crippen LogP contribution >= 0.6 is 0 Å². The van der Waals surface area contributed by atoms with Crippen LogP contribution in [-0.2, 0) is 4.74 Å². The van der Waals surface area contributed by atoms with Crippen LogP contribution < -0.4 is 10.2 Å². The lowest BCUT2D eigenvalue weighted by atomic mass is 10.0. The molecule has 1 amide bonds. The zero-order valence-electron chi connectivity index (χ0n) is 17.6. The van der Waals surface area contributed by atoms with Crippen molar-refractivity contribution in [2.75, 3.05) is 31.2 Å². The molecular formula is C23H25F2N5O2. The minimum Gasteiger partial charge on any atom is -0.381 e. The summed E-state index contributed by atoms with van der Waals surface area (Å²) in [4.78, 5) is 23.8. The van der Waals surface area contributed by atoms with E-state index in [2.05, 4.69) is 10.3 Å². The van der Waals surface area contributed by atoms with Gasteiger partial charge in [-0.15, -0.1) is 0 Å². The summed E-state index contributed by atoms with van der Waals surface area (Å²) in [6.45, 7) is 2.70. The van der Waals surface area contributed by atoms with Crippen LogP contribution in [0.25, 0.3) is 11.2 Å². The van der Waals surface area contributed by atoms with Gasteiger partial charge in [-0.1, -0.05) is 0 Å². The monoisotopic (exact) mass is 441 g/mol. The lowest BCUT2D eigenvalue weighted by molar-refractivity contribution is 0.0669. The van der Waals surface area contributed by atoms with E-state index in [9.17, 15) is 13.6 Å². The average Bonchev–Trinajstić information content (AvgIpc) is 3.46. The summed E-state index contributed by atoms with van der Waals surface area (Å²) in [5.74, 6) is 0.123. The summed E-state index contributed by atoms with van der Waals surface area (Å²) in [6, 6.07) is 6.57. The lowest BCUT2D eigenvalue weighted by Gasteiger charge is -2.26. The summed E-state index contributed by atoms with van der Waals surface area (Å²) in [5, 5.41) is 2.97. The van der Waals surface area contributed by atoms with Crippen LogP contribution in [0.1, 0.15) is 37.3 Å². The van der Waals surface area contributed by atoms with E-state index in [1.54, 1.807) is 6.07 Å². The number of amides is 1. The van der Waals surface area contributed by atoms with Gasteiger partial charge in [0.25, 0.3) is 0 Å². The van der Waals surface area contributed by atoms with E-state index < -0.39 is 11.6 Å². The molecule has 9 heteroatoms. The van der Waals surface area contributed by atoms with Crippen molar-refractivity contribution in [1.82, 2.24) is 19.9 Å². The minimum atomic E-state index is -0.462. The molecule has 1 aromatic carbocycles. The average molecular weight is 441 g/mol. The van der Waals surface area contributed by atoms with Crippen LogP contribution in [0.4, 0.5) is 19.4 Å². The molecule has 1 unspecified atom stereocenters. The number of carbonyl (C=O) groups excluding carboxylic acids is 1. The number of anilines is 1. The van der Waals surface area contributed by atoms with Gasteiger partial charge in [0.1, 0.15) is 29.3 Å².